The molecule has 0 bridgehead atoms. The molecule has 2 aromatic heterocycles. The number of hydrogen-bond acceptors (Lipinski definition) is 5. The van der Waals surface area contributed by atoms with E-state index >= 15 is 0 Å². The zero-order valence-electron chi connectivity index (χ0n) is 15.5. The number of methoxy groups -OCH3 is 1. The highest BCUT2D eigenvalue weighted by atomic mass is 16.5. The van der Waals surface area contributed by atoms with Gasteiger partial charge in [0, 0.05) is 57.6 Å². The molecule has 2 aromatic rings. The van der Waals surface area contributed by atoms with Gasteiger partial charge in [-0.1, -0.05) is 6.07 Å². The van der Waals surface area contributed by atoms with Gasteiger partial charge in [0.05, 0.1) is 6.33 Å². The summed E-state index contributed by atoms with van der Waals surface area (Å²) in [6.45, 7) is 2.00. The van der Waals surface area contributed by atoms with Crippen molar-refractivity contribution in [1.82, 2.24) is 24.3 Å². The van der Waals surface area contributed by atoms with E-state index in [0.29, 0.717) is 19.6 Å². The van der Waals surface area contributed by atoms with E-state index in [1.54, 1.807) is 35.7 Å². The molecule has 1 aliphatic rings. The maximum absolute atomic E-state index is 12.6. The van der Waals surface area contributed by atoms with Crippen LogP contribution in [0.2, 0.25) is 0 Å². The van der Waals surface area contributed by atoms with Crippen LogP contribution in [-0.2, 0) is 27.4 Å². The predicted octanol–water partition coefficient (Wildman–Crippen LogP) is 0.944. The first kappa shape index (κ1) is 19.0. The van der Waals surface area contributed by atoms with E-state index in [4.69, 9.17) is 4.74 Å². The number of imidazole rings is 1. The van der Waals surface area contributed by atoms with Crippen molar-refractivity contribution in [3.05, 3.63) is 48.8 Å². The quantitative estimate of drug-likeness (QED) is 0.724. The Balaban J connectivity index is 1.69. The molecule has 1 atom stereocenters. The van der Waals surface area contributed by atoms with Crippen molar-refractivity contribution in [3.63, 3.8) is 0 Å². The number of likely N-dealkylation sites (tertiary alicyclic amines) is 1. The van der Waals surface area contributed by atoms with Crippen LogP contribution in [0, 0.1) is 0 Å². The van der Waals surface area contributed by atoms with Crippen LogP contribution in [0.25, 0.3) is 0 Å². The van der Waals surface area contributed by atoms with E-state index in [1.807, 2.05) is 21.9 Å². The summed E-state index contributed by atoms with van der Waals surface area (Å²) in [6, 6.07) is 3.77. The lowest BCUT2D eigenvalue weighted by molar-refractivity contribution is -0.143. The Kier molecular flexibility index (Phi) is 6.54. The van der Waals surface area contributed by atoms with E-state index in [2.05, 4.69) is 9.97 Å². The minimum absolute atomic E-state index is 0.0275. The average molecular weight is 371 g/mol. The molecule has 0 aromatic carbocycles. The summed E-state index contributed by atoms with van der Waals surface area (Å²) < 4.78 is 6.82. The SMILES string of the molecule is COCC(=O)N(Cc1cccnc1)C1CCCN(C(=O)Cn2ccnc2)C1. The highest BCUT2D eigenvalue weighted by Crippen LogP contribution is 2.19. The smallest absolute Gasteiger partial charge is 0.249 e. The summed E-state index contributed by atoms with van der Waals surface area (Å²) >= 11 is 0. The van der Waals surface area contributed by atoms with Crippen LogP contribution in [0.1, 0.15) is 18.4 Å². The minimum atomic E-state index is -0.0738. The first-order chi connectivity index (χ1) is 13.2. The summed E-state index contributed by atoms with van der Waals surface area (Å²) in [4.78, 5) is 37.0. The topological polar surface area (TPSA) is 80.6 Å². The largest absolute Gasteiger partial charge is 0.375 e. The van der Waals surface area contributed by atoms with Gasteiger partial charge in [-0.05, 0) is 24.5 Å². The van der Waals surface area contributed by atoms with Gasteiger partial charge in [-0.25, -0.2) is 4.98 Å². The van der Waals surface area contributed by atoms with Crippen LogP contribution in [0.15, 0.2) is 43.2 Å². The number of hydrogen-bond donors (Lipinski definition) is 0. The van der Waals surface area contributed by atoms with E-state index in [0.717, 1.165) is 18.4 Å². The van der Waals surface area contributed by atoms with Gasteiger partial charge in [0.2, 0.25) is 11.8 Å². The Hall–Kier alpha value is -2.74. The number of carbonyl (C=O) groups is 2. The van der Waals surface area contributed by atoms with Crippen molar-refractivity contribution >= 4 is 11.8 Å². The zero-order valence-corrected chi connectivity index (χ0v) is 15.5. The number of nitrogens with zero attached hydrogens (tertiary/aromatic N) is 5. The average Bonchev–Trinajstić information content (AvgIpc) is 3.20. The fourth-order valence-electron chi connectivity index (χ4n) is 3.39. The van der Waals surface area contributed by atoms with Gasteiger partial charge in [0.1, 0.15) is 13.2 Å². The molecule has 0 saturated carbocycles. The second kappa shape index (κ2) is 9.27. The molecule has 1 saturated heterocycles. The highest BCUT2D eigenvalue weighted by Gasteiger charge is 2.30. The van der Waals surface area contributed by atoms with Crippen LogP contribution in [0.3, 0.4) is 0 Å². The Morgan fingerprint density at radius 1 is 1.33 bits per heavy atom. The fraction of sp³-hybridized carbons (Fsp3) is 0.474. The molecule has 0 radical (unpaired) electrons. The fourth-order valence-corrected chi connectivity index (χ4v) is 3.39. The van der Waals surface area contributed by atoms with E-state index < -0.39 is 0 Å². The maximum Gasteiger partial charge on any atom is 0.249 e. The summed E-state index contributed by atoms with van der Waals surface area (Å²) in [5.74, 6) is -0.0338. The molecule has 27 heavy (non-hydrogen) atoms. The number of aromatic nitrogens is 3. The monoisotopic (exact) mass is 371 g/mol. The van der Waals surface area contributed by atoms with Crippen molar-refractivity contribution < 1.29 is 14.3 Å². The summed E-state index contributed by atoms with van der Waals surface area (Å²) in [6.07, 6.45) is 10.3. The number of pyridine rings is 1. The molecule has 8 nitrogen and oxygen atoms in total. The van der Waals surface area contributed by atoms with Crippen molar-refractivity contribution in [3.8, 4) is 0 Å². The van der Waals surface area contributed by atoms with Crippen molar-refractivity contribution in [2.24, 2.45) is 0 Å². The molecule has 3 rings (SSSR count). The number of ether oxygens (including phenoxy) is 1. The number of carbonyl (C=O) groups excluding carboxylic acids is 2. The van der Waals surface area contributed by atoms with Crippen molar-refractivity contribution in [2.75, 3.05) is 26.8 Å². The Bertz CT molecular complexity index is 735. The third-order valence-electron chi connectivity index (χ3n) is 4.73. The van der Waals surface area contributed by atoms with E-state index in [-0.39, 0.29) is 31.0 Å². The number of amides is 2. The molecule has 1 unspecified atom stereocenters. The second-order valence-electron chi connectivity index (χ2n) is 6.69. The lowest BCUT2D eigenvalue weighted by Crippen LogP contribution is -2.52. The zero-order chi connectivity index (χ0) is 19.1. The maximum atomic E-state index is 12.6. The molecule has 0 aliphatic carbocycles. The van der Waals surface area contributed by atoms with Crippen LogP contribution in [0.4, 0.5) is 0 Å². The van der Waals surface area contributed by atoms with Crippen molar-refractivity contribution in [1.29, 1.82) is 0 Å². The second-order valence-corrected chi connectivity index (χ2v) is 6.69. The lowest BCUT2D eigenvalue weighted by atomic mass is 10.0. The molecular formula is C19H25N5O3. The molecule has 0 spiro atoms. The Morgan fingerprint density at radius 3 is 2.93 bits per heavy atom. The first-order valence-corrected chi connectivity index (χ1v) is 9.08. The van der Waals surface area contributed by atoms with Gasteiger partial charge in [0.25, 0.3) is 0 Å². The van der Waals surface area contributed by atoms with Gasteiger partial charge in [-0.2, -0.15) is 0 Å². The van der Waals surface area contributed by atoms with Crippen LogP contribution in [0.5, 0.6) is 0 Å². The van der Waals surface area contributed by atoms with Gasteiger partial charge in [-0.15, -0.1) is 0 Å². The van der Waals surface area contributed by atoms with Gasteiger partial charge in [0.15, 0.2) is 0 Å². The standard InChI is InChI=1S/C19H25N5O3/c1-27-14-19(26)24(11-16-4-2-6-20-10-16)17-5-3-8-23(12-17)18(25)13-22-9-7-21-15-22/h2,4,6-7,9-10,15,17H,3,5,8,11-14H2,1H3. The molecule has 1 fully saturated rings. The highest BCUT2D eigenvalue weighted by molar-refractivity contribution is 5.78. The normalized spacial score (nSPS) is 16.9. The molecule has 2 amide bonds. The van der Waals surface area contributed by atoms with Gasteiger partial charge in [-0.3, -0.25) is 14.6 Å². The third kappa shape index (κ3) is 5.13. The van der Waals surface area contributed by atoms with Crippen LogP contribution >= 0.6 is 0 Å². The Morgan fingerprint density at radius 2 is 2.22 bits per heavy atom. The first-order valence-electron chi connectivity index (χ1n) is 9.08. The predicted molar refractivity (Wildman–Crippen MR) is 98.5 cm³/mol. The van der Waals surface area contributed by atoms with Crippen molar-refractivity contribution in [2.45, 2.75) is 32.0 Å². The molecule has 144 valence electrons. The summed E-state index contributed by atoms with van der Waals surface area (Å²) in [5, 5.41) is 0. The Labute approximate surface area is 158 Å². The van der Waals surface area contributed by atoms with Gasteiger partial charge >= 0.3 is 0 Å². The molecular weight excluding hydrogens is 346 g/mol. The van der Waals surface area contributed by atoms with Crippen LogP contribution < -0.4 is 0 Å². The van der Waals surface area contributed by atoms with Gasteiger partial charge < -0.3 is 19.1 Å². The molecule has 3 heterocycles. The number of rotatable bonds is 7. The van der Waals surface area contributed by atoms with E-state index in [9.17, 15) is 9.59 Å². The molecule has 0 N–H and O–H groups in total. The summed E-state index contributed by atoms with van der Waals surface area (Å²) in [5.41, 5.74) is 0.962. The third-order valence-corrected chi connectivity index (χ3v) is 4.73. The van der Waals surface area contributed by atoms with Crippen LogP contribution in [-0.4, -0.2) is 69.0 Å². The summed E-state index contributed by atoms with van der Waals surface area (Å²) in [7, 11) is 1.52. The van der Waals surface area contributed by atoms with E-state index in [1.165, 1.54) is 7.11 Å². The lowest BCUT2D eigenvalue weighted by Gasteiger charge is -2.39. The molecule has 8 heteroatoms. The molecule has 1 aliphatic heterocycles. The number of piperidine rings is 1. The minimum Gasteiger partial charge on any atom is -0.375 e.